The van der Waals surface area contributed by atoms with Gasteiger partial charge in [-0.1, -0.05) is 6.92 Å². The molecule has 6 heteroatoms. The van der Waals surface area contributed by atoms with Crippen LogP contribution in [0.3, 0.4) is 0 Å². The van der Waals surface area contributed by atoms with E-state index < -0.39 is 9.84 Å². The van der Waals surface area contributed by atoms with Crippen molar-refractivity contribution >= 4 is 21.2 Å². The quantitative estimate of drug-likeness (QED) is 0.926. The lowest BCUT2D eigenvalue weighted by Crippen LogP contribution is -2.48. The van der Waals surface area contributed by atoms with Crippen LogP contribution in [0.25, 0.3) is 0 Å². The summed E-state index contributed by atoms with van der Waals surface area (Å²) in [5.41, 5.74) is 0.830. The molecule has 0 amide bonds. The van der Waals surface area contributed by atoms with Crippen molar-refractivity contribution < 1.29 is 8.42 Å². The second-order valence-electron chi connectivity index (χ2n) is 5.32. The number of rotatable bonds is 4. The van der Waals surface area contributed by atoms with E-state index in [1.54, 1.807) is 11.3 Å². The second kappa shape index (κ2) is 5.50. The summed E-state index contributed by atoms with van der Waals surface area (Å²) in [6.45, 7) is 7.11. The third-order valence-corrected chi connectivity index (χ3v) is 6.76. The lowest BCUT2D eigenvalue weighted by Gasteiger charge is -2.36. The molecule has 4 nitrogen and oxygen atoms in total. The van der Waals surface area contributed by atoms with Crippen LogP contribution >= 0.6 is 11.3 Å². The SMILES string of the molecule is CCCNC1(c2nc(C)c(C)s2)CCS(=O)(=O)CC1. The highest BCUT2D eigenvalue weighted by Crippen LogP contribution is 2.37. The molecule has 2 heterocycles. The molecular formula is C13H22N2O2S2. The Hall–Kier alpha value is -0.460. The fourth-order valence-electron chi connectivity index (χ4n) is 2.39. The fourth-order valence-corrected chi connectivity index (χ4v) is 5.06. The van der Waals surface area contributed by atoms with Gasteiger partial charge in [0.1, 0.15) is 14.8 Å². The molecule has 2 rings (SSSR count). The maximum Gasteiger partial charge on any atom is 0.150 e. The maximum atomic E-state index is 11.7. The van der Waals surface area contributed by atoms with Gasteiger partial charge >= 0.3 is 0 Å². The van der Waals surface area contributed by atoms with E-state index in [0.717, 1.165) is 23.7 Å². The van der Waals surface area contributed by atoms with Gasteiger partial charge in [-0.15, -0.1) is 11.3 Å². The molecule has 1 aliphatic rings. The van der Waals surface area contributed by atoms with Crippen molar-refractivity contribution in [2.45, 2.75) is 45.6 Å². The highest BCUT2D eigenvalue weighted by atomic mass is 32.2. The van der Waals surface area contributed by atoms with Gasteiger partial charge in [0.2, 0.25) is 0 Å². The fraction of sp³-hybridized carbons (Fsp3) is 0.769. The van der Waals surface area contributed by atoms with E-state index in [1.807, 2.05) is 6.92 Å². The first-order valence-corrected chi connectivity index (χ1v) is 9.42. The Labute approximate surface area is 119 Å². The van der Waals surface area contributed by atoms with Crippen LogP contribution in [0.2, 0.25) is 0 Å². The predicted octanol–water partition coefficient (Wildman–Crippen LogP) is 2.16. The monoisotopic (exact) mass is 302 g/mol. The summed E-state index contributed by atoms with van der Waals surface area (Å²) in [4.78, 5) is 5.89. The van der Waals surface area contributed by atoms with Crippen molar-refractivity contribution in [3.8, 4) is 0 Å². The Bertz CT molecular complexity index is 515. The van der Waals surface area contributed by atoms with Gasteiger partial charge in [0.15, 0.2) is 0 Å². The number of nitrogens with one attached hydrogen (secondary N) is 1. The summed E-state index contributed by atoms with van der Waals surface area (Å²) < 4.78 is 23.3. The molecule has 1 aromatic rings. The van der Waals surface area contributed by atoms with Crippen LogP contribution in [0.15, 0.2) is 0 Å². The molecule has 1 fully saturated rings. The Morgan fingerprint density at radius 1 is 1.32 bits per heavy atom. The van der Waals surface area contributed by atoms with E-state index in [0.29, 0.717) is 12.8 Å². The smallest absolute Gasteiger partial charge is 0.150 e. The van der Waals surface area contributed by atoms with Crippen molar-refractivity contribution in [1.29, 1.82) is 0 Å². The van der Waals surface area contributed by atoms with Crippen molar-refractivity contribution in [2.24, 2.45) is 0 Å². The van der Waals surface area contributed by atoms with Gasteiger partial charge < -0.3 is 5.32 Å². The number of hydrogen-bond acceptors (Lipinski definition) is 5. The van der Waals surface area contributed by atoms with Crippen LogP contribution in [0, 0.1) is 13.8 Å². The molecule has 1 aromatic heterocycles. The molecule has 0 atom stereocenters. The molecule has 0 aliphatic carbocycles. The van der Waals surface area contributed by atoms with E-state index in [2.05, 4.69) is 24.1 Å². The molecule has 0 bridgehead atoms. The summed E-state index contributed by atoms with van der Waals surface area (Å²) >= 11 is 1.70. The minimum atomic E-state index is -2.85. The van der Waals surface area contributed by atoms with Gasteiger partial charge in [0.05, 0.1) is 22.7 Å². The largest absolute Gasteiger partial charge is 0.305 e. The van der Waals surface area contributed by atoms with Crippen molar-refractivity contribution in [3.05, 3.63) is 15.6 Å². The number of hydrogen-bond donors (Lipinski definition) is 1. The van der Waals surface area contributed by atoms with Gasteiger partial charge in [-0.2, -0.15) is 0 Å². The van der Waals surface area contributed by atoms with Gasteiger partial charge in [-0.25, -0.2) is 13.4 Å². The molecule has 19 heavy (non-hydrogen) atoms. The van der Waals surface area contributed by atoms with E-state index >= 15 is 0 Å². The van der Waals surface area contributed by atoms with Crippen LogP contribution in [-0.2, 0) is 15.4 Å². The lowest BCUT2D eigenvalue weighted by atomic mass is 9.92. The summed E-state index contributed by atoms with van der Waals surface area (Å²) in [6, 6.07) is 0. The molecular weight excluding hydrogens is 280 g/mol. The molecule has 0 saturated carbocycles. The topological polar surface area (TPSA) is 59.1 Å². The van der Waals surface area contributed by atoms with Crippen molar-refractivity contribution in [3.63, 3.8) is 0 Å². The lowest BCUT2D eigenvalue weighted by molar-refractivity contribution is 0.299. The van der Waals surface area contributed by atoms with Gasteiger partial charge in [0, 0.05) is 4.88 Å². The molecule has 1 saturated heterocycles. The molecule has 0 radical (unpaired) electrons. The normalized spacial score (nSPS) is 21.4. The van der Waals surface area contributed by atoms with E-state index in [-0.39, 0.29) is 17.0 Å². The number of aryl methyl sites for hydroxylation is 2. The molecule has 1 N–H and O–H groups in total. The highest BCUT2D eigenvalue weighted by Gasteiger charge is 2.40. The maximum absolute atomic E-state index is 11.7. The number of thiazole rings is 1. The molecule has 1 aliphatic heterocycles. The van der Waals surface area contributed by atoms with Crippen molar-refractivity contribution in [2.75, 3.05) is 18.1 Å². The Morgan fingerprint density at radius 3 is 2.42 bits per heavy atom. The van der Waals surface area contributed by atoms with Gasteiger partial charge in [0.25, 0.3) is 0 Å². The zero-order valence-corrected chi connectivity index (χ0v) is 13.5. The zero-order valence-electron chi connectivity index (χ0n) is 11.8. The summed E-state index contributed by atoms with van der Waals surface area (Å²) in [6.07, 6.45) is 2.32. The standard InChI is InChI=1S/C13H22N2O2S2/c1-4-7-14-13(5-8-19(16,17)9-6-13)12-15-10(2)11(3)18-12/h14H,4-9H2,1-3H3. The Kier molecular flexibility index (Phi) is 4.32. The first kappa shape index (κ1) is 14.9. The predicted molar refractivity (Wildman–Crippen MR) is 79.4 cm³/mol. The summed E-state index contributed by atoms with van der Waals surface area (Å²) in [7, 11) is -2.85. The van der Waals surface area contributed by atoms with Crippen LogP contribution in [0.4, 0.5) is 0 Å². The Morgan fingerprint density at radius 2 is 1.95 bits per heavy atom. The molecule has 0 spiro atoms. The van der Waals surface area contributed by atoms with Crippen LogP contribution < -0.4 is 5.32 Å². The van der Waals surface area contributed by atoms with Gasteiger partial charge in [-0.05, 0) is 39.7 Å². The third-order valence-electron chi connectivity index (χ3n) is 3.83. The summed E-state index contributed by atoms with van der Waals surface area (Å²) in [5, 5.41) is 4.62. The van der Waals surface area contributed by atoms with Crippen molar-refractivity contribution in [1.82, 2.24) is 10.3 Å². The zero-order chi connectivity index (χ0) is 14.1. The van der Waals surface area contributed by atoms with Crippen LogP contribution in [-0.4, -0.2) is 31.5 Å². The highest BCUT2D eigenvalue weighted by molar-refractivity contribution is 7.91. The van der Waals surface area contributed by atoms with E-state index in [1.165, 1.54) is 4.88 Å². The van der Waals surface area contributed by atoms with E-state index in [4.69, 9.17) is 0 Å². The molecule has 0 aromatic carbocycles. The van der Waals surface area contributed by atoms with Crippen LogP contribution in [0.5, 0.6) is 0 Å². The average molecular weight is 302 g/mol. The third kappa shape index (κ3) is 3.17. The number of nitrogens with zero attached hydrogens (tertiary/aromatic N) is 1. The van der Waals surface area contributed by atoms with Crippen LogP contribution in [0.1, 0.15) is 41.8 Å². The molecule has 0 unspecified atom stereocenters. The van der Waals surface area contributed by atoms with E-state index in [9.17, 15) is 8.42 Å². The van der Waals surface area contributed by atoms with Gasteiger partial charge in [-0.3, -0.25) is 0 Å². The first-order valence-electron chi connectivity index (χ1n) is 6.78. The second-order valence-corrected chi connectivity index (χ2v) is 8.83. The Balaban J connectivity index is 2.30. The molecule has 108 valence electrons. The summed E-state index contributed by atoms with van der Waals surface area (Å²) in [5.74, 6) is 0.531. The minimum Gasteiger partial charge on any atom is -0.305 e. The minimum absolute atomic E-state index is 0.231. The number of aromatic nitrogens is 1. The average Bonchev–Trinajstić information content (AvgIpc) is 2.69. The number of sulfone groups is 1. The first-order chi connectivity index (χ1) is 8.88.